The summed E-state index contributed by atoms with van der Waals surface area (Å²) < 4.78 is 7.04. The van der Waals surface area contributed by atoms with E-state index in [0.29, 0.717) is 19.6 Å². The number of hydrogen-bond acceptors (Lipinski definition) is 6. The van der Waals surface area contributed by atoms with Gasteiger partial charge in [0, 0.05) is 33.2 Å². The fraction of sp³-hybridized carbons (Fsp3) is 0.833. The summed E-state index contributed by atoms with van der Waals surface area (Å²) in [6.45, 7) is 9.26. The van der Waals surface area contributed by atoms with E-state index in [-0.39, 0.29) is 6.09 Å². The predicted octanol–water partition coefficient (Wildman–Crippen LogP) is 0.263. The molecule has 20 heavy (non-hydrogen) atoms. The molecular weight excluding hydrogens is 260 g/mol. The highest BCUT2D eigenvalue weighted by molar-refractivity contribution is 5.68. The van der Waals surface area contributed by atoms with Crippen LogP contribution < -0.4 is 0 Å². The zero-order valence-electron chi connectivity index (χ0n) is 12.5. The maximum absolute atomic E-state index is 11.9. The molecule has 0 saturated carbocycles. The minimum Gasteiger partial charge on any atom is -0.444 e. The number of carbonyl (C=O) groups excluding carboxylic acids is 1. The van der Waals surface area contributed by atoms with Crippen molar-refractivity contribution in [2.75, 3.05) is 26.2 Å². The van der Waals surface area contributed by atoms with Crippen LogP contribution in [0.2, 0.25) is 0 Å². The number of carbonyl (C=O) groups is 1. The Hall–Kier alpha value is -1.70. The Kier molecular flexibility index (Phi) is 4.22. The second-order valence-electron chi connectivity index (χ2n) is 5.96. The van der Waals surface area contributed by atoms with Crippen LogP contribution in [-0.4, -0.2) is 67.9 Å². The van der Waals surface area contributed by atoms with E-state index < -0.39 is 5.60 Å². The lowest BCUT2D eigenvalue weighted by atomic mass is 10.2. The molecule has 0 bridgehead atoms. The molecule has 0 aromatic carbocycles. The molecule has 1 amide bonds. The molecule has 1 aliphatic rings. The molecule has 2 rings (SSSR count). The number of rotatable bonds is 2. The van der Waals surface area contributed by atoms with Gasteiger partial charge in [0.2, 0.25) is 0 Å². The van der Waals surface area contributed by atoms with Crippen molar-refractivity contribution in [2.24, 2.45) is 7.05 Å². The lowest BCUT2D eigenvalue weighted by Crippen LogP contribution is -2.49. The first-order valence-electron chi connectivity index (χ1n) is 6.77. The van der Waals surface area contributed by atoms with E-state index in [4.69, 9.17) is 4.74 Å². The molecule has 2 heterocycles. The number of nitrogens with zero attached hydrogens (tertiary/aromatic N) is 6. The number of tetrazole rings is 1. The Bertz CT molecular complexity index is 459. The van der Waals surface area contributed by atoms with E-state index in [1.165, 1.54) is 0 Å². The van der Waals surface area contributed by atoms with Crippen LogP contribution in [0.15, 0.2) is 0 Å². The molecule has 0 unspecified atom stereocenters. The van der Waals surface area contributed by atoms with Gasteiger partial charge in [-0.1, -0.05) is 0 Å². The van der Waals surface area contributed by atoms with Crippen LogP contribution in [-0.2, 0) is 18.3 Å². The topological polar surface area (TPSA) is 76.4 Å². The Morgan fingerprint density at radius 3 is 2.40 bits per heavy atom. The quantitative estimate of drug-likeness (QED) is 0.774. The van der Waals surface area contributed by atoms with Gasteiger partial charge in [0.25, 0.3) is 0 Å². The summed E-state index contributed by atoms with van der Waals surface area (Å²) in [5, 5.41) is 11.4. The molecule has 1 saturated heterocycles. The van der Waals surface area contributed by atoms with Gasteiger partial charge in [-0.15, -0.1) is 5.10 Å². The van der Waals surface area contributed by atoms with Crippen molar-refractivity contribution in [2.45, 2.75) is 32.9 Å². The minimum atomic E-state index is -0.446. The summed E-state index contributed by atoms with van der Waals surface area (Å²) in [6, 6.07) is 0. The largest absolute Gasteiger partial charge is 0.444 e. The number of hydrogen-bond donors (Lipinski definition) is 0. The van der Waals surface area contributed by atoms with Crippen molar-refractivity contribution in [1.82, 2.24) is 30.0 Å². The van der Waals surface area contributed by atoms with Crippen LogP contribution in [0.5, 0.6) is 0 Å². The molecule has 0 radical (unpaired) electrons. The molecule has 0 atom stereocenters. The number of aryl methyl sites for hydroxylation is 1. The number of aromatic nitrogens is 4. The SMILES string of the molecule is Cn1nnnc1CN1CCN(C(=O)OC(C)(C)C)CC1. The Labute approximate surface area is 118 Å². The van der Waals surface area contributed by atoms with Gasteiger partial charge in [-0.2, -0.15) is 0 Å². The Balaban J connectivity index is 1.81. The number of amides is 1. The van der Waals surface area contributed by atoms with E-state index in [2.05, 4.69) is 20.4 Å². The molecule has 8 nitrogen and oxygen atoms in total. The normalized spacial score (nSPS) is 17.3. The monoisotopic (exact) mass is 282 g/mol. The van der Waals surface area contributed by atoms with E-state index in [9.17, 15) is 4.79 Å². The molecule has 8 heteroatoms. The van der Waals surface area contributed by atoms with Crippen LogP contribution in [0.1, 0.15) is 26.6 Å². The summed E-state index contributed by atoms with van der Waals surface area (Å²) in [5.74, 6) is 0.829. The molecule has 112 valence electrons. The molecular formula is C12H22N6O2. The first-order valence-corrected chi connectivity index (χ1v) is 6.77. The highest BCUT2D eigenvalue weighted by Gasteiger charge is 2.26. The minimum absolute atomic E-state index is 0.238. The summed E-state index contributed by atoms with van der Waals surface area (Å²) in [7, 11) is 1.83. The molecule has 0 aliphatic carbocycles. The fourth-order valence-corrected chi connectivity index (χ4v) is 2.00. The average Bonchev–Trinajstić information content (AvgIpc) is 2.74. The van der Waals surface area contributed by atoms with Crippen LogP contribution in [0.25, 0.3) is 0 Å². The first-order chi connectivity index (χ1) is 9.35. The number of ether oxygens (including phenoxy) is 1. The zero-order chi connectivity index (χ0) is 14.8. The van der Waals surface area contributed by atoms with Gasteiger partial charge in [-0.3, -0.25) is 4.90 Å². The van der Waals surface area contributed by atoms with Crippen molar-refractivity contribution in [3.8, 4) is 0 Å². The maximum Gasteiger partial charge on any atom is 0.410 e. The van der Waals surface area contributed by atoms with Crippen LogP contribution in [0.3, 0.4) is 0 Å². The van der Waals surface area contributed by atoms with Crippen molar-refractivity contribution < 1.29 is 9.53 Å². The fourth-order valence-electron chi connectivity index (χ4n) is 2.00. The highest BCUT2D eigenvalue weighted by atomic mass is 16.6. The van der Waals surface area contributed by atoms with E-state index in [1.807, 2.05) is 27.8 Å². The summed E-state index contributed by atoms with van der Waals surface area (Å²) in [5.41, 5.74) is -0.446. The van der Waals surface area contributed by atoms with E-state index in [0.717, 1.165) is 18.9 Å². The summed E-state index contributed by atoms with van der Waals surface area (Å²) in [4.78, 5) is 15.9. The van der Waals surface area contributed by atoms with E-state index in [1.54, 1.807) is 9.58 Å². The molecule has 0 N–H and O–H groups in total. The second-order valence-corrected chi connectivity index (χ2v) is 5.96. The standard InChI is InChI=1S/C12H22N6O2/c1-12(2,3)20-11(19)18-7-5-17(6-8-18)9-10-13-14-15-16(10)4/h5-9H2,1-4H3. The molecule has 1 aliphatic heterocycles. The third-order valence-electron chi connectivity index (χ3n) is 3.10. The Morgan fingerprint density at radius 2 is 1.90 bits per heavy atom. The van der Waals surface area contributed by atoms with Gasteiger partial charge in [0.05, 0.1) is 6.54 Å². The molecule has 1 aromatic heterocycles. The van der Waals surface area contributed by atoms with Crippen LogP contribution in [0, 0.1) is 0 Å². The van der Waals surface area contributed by atoms with Gasteiger partial charge in [0.1, 0.15) is 5.60 Å². The smallest absolute Gasteiger partial charge is 0.410 e. The molecule has 0 spiro atoms. The van der Waals surface area contributed by atoms with Crippen molar-refractivity contribution >= 4 is 6.09 Å². The van der Waals surface area contributed by atoms with Crippen LogP contribution in [0.4, 0.5) is 4.79 Å². The van der Waals surface area contributed by atoms with Gasteiger partial charge in [-0.05, 0) is 31.2 Å². The summed E-state index contributed by atoms with van der Waals surface area (Å²) >= 11 is 0. The van der Waals surface area contributed by atoms with Gasteiger partial charge in [-0.25, -0.2) is 9.48 Å². The van der Waals surface area contributed by atoms with Gasteiger partial charge >= 0.3 is 6.09 Å². The van der Waals surface area contributed by atoms with Gasteiger partial charge in [0.15, 0.2) is 5.82 Å². The highest BCUT2D eigenvalue weighted by Crippen LogP contribution is 2.12. The third-order valence-corrected chi connectivity index (χ3v) is 3.10. The lowest BCUT2D eigenvalue weighted by Gasteiger charge is -2.35. The lowest BCUT2D eigenvalue weighted by molar-refractivity contribution is 0.0136. The van der Waals surface area contributed by atoms with Crippen LogP contribution >= 0.6 is 0 Å². The zero-order valence-corrected chi connectivity index (χ0v) is 12.5. The van der Waals surface area contributed by atoms with Crippen molar-refractivity contribution in [3.05, 3.63) is 5.82 Å². The average molecular weight is 282 g/mol. The third kappa shape index (κ3) is 3.89. The van der Waals surface area contributed by atoms with Crippen molar-refractivity contribution in [1.29, 1.82) is 0 Å². The number of piperazine rings is 1. The first kappa shape index (κ1) is 14.7. The second kappa shape index (κ2) is 5.74. The van der Waals surface area contributed by atoms with Gasteiger partial charge < -0.3 is 9.64 Å². The Morgan fingerprint density at radius 1 is 1.25 bits per heavy atom. The van der Waals surface area contributed by atoms with Crippen molar-refractivity contribution in [3.63, 3.8) is 0 Å². The maximum atomic E-state index is 11.9. The molecule has 1 fully saturated rings. The molecule has 1 aromatic rings. The summed E-state index contributed by atoms with van der Waals surface area (Å²) in [6.07, 6.45) is -0.238. The van der Waals surface area contributed by atoms with E-state index >= 15 is 0 Å². The predicted molar refractivity (Wildman–Crippen MR) is 71.9 cm³/mol.